The minimum Gasteiger partial charge on any atom is -0.497 e. The molecule has 0 bridgehead atoms. The number of hydrogen-bond donors (Lipinski definition) is 0. The van der Waals surface area contributed by atoms with Crippen LogP contribution >= 0.6 is 0 Å². The predicted molar refractivity (Wildman–Crippen MR) is 90.9 cm³/mol. The van der Waals surface area contributed by atoms with Crippen LogP contribution in [0.3, 0.4) is 0 Å². The quantitative estimate of drug-likeness (QED) is 0.864. The second-order valence-corrected chi connectivity index (χ2v) is 5.71. The fourth-order valence-corrected chi connectivity index (χ4v) is 3.00. The first-order chi connectivity index (χ1) is 11.6. The zero-order valence-corrected chi connectivity index (χ0v) is 14.1. The molecule has 3 rings (SSSR count). The molecule has 0 fully saturated rings. The van der Waals surface area contributed by atoms with Crippen LogP contribution in [0.2, 0.25) is 0 Å². The first-order valence-corrected chi connectivity index (χ1v) is 7.86. The molecule has 0 N–H and O–H groups in total. The maximum atomic E-state index is 13.0. The summed E-state index contributed by atoms with van der Waals surface area (Å²) >= 11 is 0. The number of benzene rings is 2. The zero-order valence-electron chi connectivity index (χ0n) is 14.1. The lowest BCUT2D eigenvalue weighted by atomic mass is 9.98. The van der Waals surface area contributed by atoms with Gasteiger partial charge in [0.2, 0.25) is 0 Å². The Bertz CT molecular complexity index is 722. The van der Waals surface area contributed by atoms with E-state index in [4.69, 9.17) is 14.2 Å². The molecule has 126 valence electrons. The minimum atomic E-state index is -0.0751. The van der Waals surface area contributed by atoms with Gasteiger partial charge in [-0.25, -0.2) is 0 Å². The van der Waals surface area contributed by atoms with Crippen LogP contribution in [0.15, 0.2) is 42.5 Å². The lowest BCUT2D eigenvalue weighted by Gasteiger charge is -2.33. The molecule has 5 nitrogen and oxygen atoms in total. The third kappa shape index (κ3) is 3.02. The second kappa shape index (κ2) is 6.83. The second-order valence-electron chi connectivity index (χ2n) is 5.71. The van der Waals surface area contributed by atoms with Gasteiger partial charge in [0, 0.05) is 30.7 Å². The molecule has 5 heteroatoms. The van der Waals surface area contributed by atoms with E-state index in [9.17, 15) is 4.79 Å². The van der Waals surface area contributed by atoms with Crippen molar-refractivity contribution >= 4 is 5.91 Å². The van der Waals surface area contributed by atoms with Gasteiger partial charge in [-0.3, -0.25) is 4.79 Å². The van der Waals surface area contributed by atoms with Crippen LogP contribution < -0.4 is 14.2 Å². The van der Waals surface area contributed by atoms with Crippen molar-refractivity contribution in [1.29, 1.82) is 0 Å². The summed E-state index contributed by atoms with van der Waals surface area (Å²) in [5.74, 6) is 1.96. The Labute approximate surface area is 141 Å². The van der Waals surface area contributed by atoms with Gasteiger partial charge in [-0.15, -0.1) is 0 Å². The molecule has 1 heterocycles. The van der Waals surface area contributed by atoms with E-state index < -0.39 is 0 Å². The monoisotopic (exact) mass is 327 g/mol. The molecule has 1 amide bonds. The van der Waals surface area contributed by atoms with Crippen molar-refractivity contribution < 1.29 is 19.0 Å². The number of nitrogens with zero attached hydrogens (tertiary/aromatic N) is 1. The highest BCUT2D eigenvalue weighted by Gasteiger charge is 2.28. The Morgan fingerprint density at radius 1 is 1.12 bits per heavy atom. The summed E-state index contributed by atoms with van der Waals surface area (Å²) in [6, 6.07) is 13.0. The third-order valence-electron chi connectivity index (χ3n) is 4.31. The summed E-state index contributed by atoms with van der Waals surface area (Å²) in [5.41, 5.74) is 1.58. The normalized spacial score (nSPS) is 15.9. The van der Waals surface area contributed by atoms with Crippen LogP contribution in [0.25, 0.3) is 0 Å². The summed E-state index contributed by atoms with van der Waals surface area (Å²) in [4.78, 5) is 14.7. The van der Waals surface area contributed by atoms with Gasteiger partial charge in [-0.1, -0.05) is 18.2 Å². The largest absolute Gasteiger partial charge is 0.497 e. The lowest BCUT2D eigenvalue weighted by Crippen LogP contribution is -2.34. The Kier molecular flexibility index (Phi) is 4.60. The summed E-state index contributed by atoms with van der Waals surface area (Å²) < 4.78 is 16.2. The maximum absolute atomic E-state index is 13.0. The fraction of sp³-hybridized carbons (Fsp3) is 0.316. The molecule has 0 aromatic heterocycles. The minimum absolute atomic E-state index is 0.0142. The Morgan fingerprint density at radius 3 is 2.46 bits per heavy atom. The van der Waals surface area contributed by atoms with Gasteiger partial charge in [0.1, 0.15) is 17.2 Å². The maximum Gasteiger partial charge on any atom is 0.254 e. The van der Waals surface area contributed by atoms with Crippen molar-refractivity contribution in [3.63, 3.8) is 0 Å². The van der Waals surface area contributed by atoms with Gasteiger partial charge in [0.25, 0.3) is 5.91 Å². The number of amides is 1. The van der Waals surface area contributed by atoms with Gasteiger partial charge in [0.15, 0.2) is 0 Å². The average Bonchev–Trinajstić information content (AvgIpc) is 2.65. The molecule has 24 heavy (non-hydrogen) atoms. The zero-order chi connectivity index (χ0) is 17.1. The molecule has 1 aliphatic rings. The van der Waals surface area contributed by atoms with Gasteiger partial charge in [0.05, 0.1) is 26.9 Å². The first kappa shape index (κ1) is 16.2. The van der Waals surface area contributed by atoms with Crippen LogP contribution in [0, 0.1) is 0 Å². The third-order valence-corrected chi connectivity index (χ3v) is 4.31. The van der Waals surface area contributed by atoms with Gasteiger partial charge < -0.3 is 19.1 Å². The van der Waals surface area contributed by atoms with Crippen molar-refractivity contribution in [3.8, 4) is 17.2 Å². The molecule has 1 atom stereocenters. The van der Waals surface area contributed by atoms with Crippen molar-refractivity contribution in [1.82, 2.24) is 4.90 Å². The van der Waals surface area contributed by atoms with E-state index in [0.717, 1.165) is 17.7 Å². The number of para-hydroxylation sites is 1. The number of rotatable bonds is 4. The fourth-order valence-electron chi connectivity index (χ4n) is 3.00. The molecule has 2 aromatic rings. The van der Waals surface area contributed by atoms with Gasteiger partial charge in [-0.05, 0) is 18.2 Å². The molecule has 2 aromatic carbocycles. The van der Waals surface area contributed by atoms with Crippen LogP contribution in [0.4, 0.5) is 0 Å². The van der Waals surface area contributed by atoms with E-state index in [-0.39, 0.29) is 11.9 Å². The molecule has 1 unspecified atom stereocenters. The van der Waals surface area contributed by atoms with Crippen molar-refractivity contribution in [2.24, 2.45) is 0 Å². The number of carbonyl (C=O) groups is 1. The molecule has 1 aliphatic heterocycles. The van der Waals surface area contributed by atoms with Crippen LogP contribution in [-0.4, -0.2) is 38.7 Å². The predicted octanol–water partition coefficient (Wildman–Crippen LogP) is 3.30. The molecule has 0 aliphatic carbocycles. The van der Waals surface area contributed by atoms with Gasteiger partial charge in [-0.2, -0.15) is 0 Å². The summed E-state index contributed by atoms with van der Waals surface area (Å²) in [6.07, 6.45) is 0.764. The lowest BCUT2D eigenvalue weighted by molar-refractivity contribution is 0.0686. The van der Waals surface area contributed by atoms with Crippen LogP contribution in [-0.2, 0) is 0 Å². The molecule has 0 saturated carbocycles. The molecule has 0 spiro atoms. The smallest absolute Gasteiger partial charge is 0.254 e. The number of methoxy groups -OCH3 is 2. The van der Waals surface area contributed by atoms with Crippen molar-refractivity contribution in [2.45, 2.75) is 12.5 Å². The highest BCUT2D eigenvalue weighted by atomic mass is 16.5. The van der Waals surface area contributed by atoms with Crippen LogP contribution in [0.5, 0.6) is 17.2 Å². The summed E-state index contributed by atoms with van der Waals surface area (Å²) in [7, 11) is 4.96. The van der Waals surface area contributed by atoms with Crippen LogP contribution in [0.1, 0.15) is 28.4 Å². The Balaban J connectivity index is 1.91. The average molecular weight is 327 g/mol. The standard InChI is InChI=1S/C19H21NO4/c1-20(17-8-9-24-18-7-5-4-6-16(17)18)19(21)13-10-14(22-2)12-15(11-13)23-3/h4-7,10-12,17H,8-9H2,1-3H3. The number of carbonyl (C=O) groups excluding carboxylic acids is 1. The van der Waals surface area contributed by atoms with E-state index in [1.54, 1.807) is 37.3 Å². The first-order valence-electron chi connectivity index (χ1n) is 7.86. The SMILES string of the molecule is COc1cc(OC)cc(C(=O)N(C)C2CCOc3ccccc32)c1. The van der Waals surface area contributed by atoms with Crippen molar-refractivity contribution in [2.75, 3.05) is 27.9 Å². The highest BCUT2D eigenvalue weighted by molar-refractivity contribution is 5.95. The highest BCUT2D eigenvalue weighted by Crippen LogP contribution is 2.36. The van der Waals surface area contributed by atoms with Crippen molar-refractivity contribution in [3.05, 3.63) is 53.6 Å². The van der Waals surface area contributed by atoms with Gasteiger partial charge >= 0.3 is 0 Å². The van der Waals surface area contributed by atoms with E-state index in [1.807, 2.05) is 31.3 Å². The Hall–Kier alpha value is -2.69. The molecule has 0 saturated heterocycles. The summed E-state index contributed by atoms with van der Waals surface area (Å²) in [6.45, 7) is 0.598. The van der Waals surface area contributed by atoms with E-state index in [1.165, 1.54) is 0 Å². The van der Waals surface area contributed by atoms with E-state index in [2.05, 4.69) is 0 Å². The number of ether oxygens (including phenoxy) is 3. The summed E-state index contributed by atoms with van der Waals surface area (Å²) in [5, 5.41) is 0. The topological polar surface area (TPSA) is 48.0 Å². The molecular weight excluding hydrogens is 306 g/mol. The number of fused-ring (bicyclic) bond motifs is 1. The molecular formula is C19H21NO4. The number of hydrogen-bond acceptors (Lipinski definition) is 4. The molecule has 0 radical (unpaired) electrons. The van der Waals surface area contributed by atoms with E-state index in [0.29, 0.717) is 23.7 Å². The van der Waals surface area contributed by atoms with E-state index >= 15 is 0 Å². The Morgan fingerprint density at radius 2 is 1.79 bits per heavy atom.